The molecule has 0 saturated heterocycles. The van der Waals surface area contributed by atoms with Gasteiger partial charge in [0.05, 0.1) is 17.7 Å². The Morgan fingerprint density at radius 3 is 1.63 bits per heavy atom. The fourth-order valence-electron chi connectivity index (χ4n) is 4.54. The van der Waals surface area contributed by atoms with Crippen LogP contribution in [-0.2, 0) is 31.4 Å². The number of benzene rings is 3. The smallest absolute Gasteiger partial charge is 0.420 e. The van der Waals surface area contributed by atoms with E-state index in [-0.39, 0.29) is 35.8 Å². The molecule has 0 saturated carbocycles. The average Bonchev–Trinajstić information content (AvgIpc) is 3.09. The van der Waals surface area contributed by atoms with Gasteiger partial charge in [0.15, 0.2) is 0 Å². The van der Waals surface area contributed by atoms with Gasteiger partial charge in [-0.05, 0) is 79.9 Å². The van der Waals surface area contributed by atoms with Gasteiger partial charge in [-0.25, -0.2) is 19.2 Å². The number of carbonyl (C=O) groups is 4. The first kappa shape index (κ1) is 40.6. The van der Waals surface area contributed by atoms with Gasteiger partial charge >= 0.3 is 36.2 Å². The number of halogens is 6. The quantitative estimate of drug-likeness (QED) is 0.0477. The van der Waals surface area contributed by atoms with Crippen molar-refractivity contribution in [2.75, 3.05) is 13.2 Å². The molecule has 0 heterocycles. The normalized spacial score (nSPS) is 11.9. The molecule has 52 heavy (non-hydrogen) atoms. The van der Waals surface area contributed by atoms with Gasteiger partial charge in [0.1, 0.15) is 46.8 Å². The third-order valence-corrected chi connectivity index (χ3v) is 7.01. The van der Waals surface area contributed by atoms with Crippen molar-refractivity contribution in [2.24, 2.45) is 0 Å². The molecule has 1 unspecified atom stereocenters. The number of esters is 4. The van der Waals surface area contributed by atoms with Gasteiger partial charge < -0.3 is 28.8 Å². The van der Waals surface area contributed by atoms with Crippen LogP contribution in [0.25, 0.3) is 0 Å². The zero-order chi connectivity index (χ0) is 38.5. The van der Waals surface area contributed by atoms with Crippen LogP contribution in [0, 0.1) is 0 Å². The molecule has 0 amide bonds. The molecule has 0 spiro atoms. The lowest BCUT2D eigenvalue weighted by Crippen LogP contribution is -2.24. The summed E-state index contributed by atoms with van der Waals surface area (Å²) in [6.45, 7) is 6.73. The van der Waals surface area contributed by atoms with Crippen LogP contribution in [0.15, 0.2) is 86.0 Å². The highest BCUT2D eigenvalue weighted by molar-refractivity contribution is 5.92. The SMILES string of the molecule is C=CC(=O)OCC(CCCCCCOc1ccc(C(=O)Oc2ccc(OC(=O)c3ccc(O)cc3)c(C(F)(F)F)c2C(F)(F)F)cc1)OC(=O)C=C. The van der Waals surface area contributed by atoms with Crippen molar-refractivity contribution in [3.63, 3.8) is 0 Å². The lowest BCUT2D eigenvalue weighted by atomic mass is 10.0. The van der Waals surface area contributed by atoms with Crippen molar-refractivity contribution in [3.8, 4) is 23.0 Å². The van der Waals surface area contributed by atoms with Crippen LogP contribution in [0.1, 0.15) is 63.9 Å². The molecule has 0 aliphatic heterocycles. The molecule has 3 rings (SSSR count). The number of aromatic hydroxyl groups is 1. The van der Waals surface area contributed by atoms with E-state index in [9.17, 15) is 50.6 Å². The summed E-state index contributed by atoms with van der Waals surface area (Å²) in [4.78, 5) is 48.0. The Kier molecular flexibility index (Phi) is 14.4. The number of rotatable bonds is 17. The minimum atomic E-state index is -5.71. The number of hydrogen-bond acceptors (Lipinski definition) is 10. The van der Waals surface area contributed by atoms with Gasteiger partial charge in [0.25, 0.3) is 0 Å². The minimum Gasteiger partial charge on any atom is -0.508 e. The Morgan fingerprint density at radius 2 is 1.15 bits per heavy atom. The standard InChI is InChI=1S/C36H32F6O10/c1-3-29(44)49-21-26(50-30(45)4-2)9-7-5-6-8-20-48-25-16-12-23(13-17-25)34(47)52-28-19-18-27(31(35(37,38)39)32(28)36(40,41)42)51-33(46)22-10-14-24(43)15-11-22/h3-4,10-19,26,43H,1-2,5-9,20-21H2. The maximum Gasteiger partial charge on any atom is 0.420 e. The van der Waals surface area contributed by atoms with E-state index in [4.69, 9.17) is 18.9 Å². The molecule has 0 bridgehead atoms. The summed E-state index contributed by atoms with van der Waals surface area (Å²) in [6, 6.07) is 9.80. The third-order valence-electron chi connectivity index (χ3n) is 7.01. The Morgan fingerprint density at radius 1 is 0.673 bits per heavy atom. The Balaban J connectivity index is 1.60. The van der Waals surface area contributed by atoms with Crippen LogP contribution in [0.4, 0.5) is 26.3 Å². The molecule has 16 heteroatoms. The number of hydrogen-bond donors (Lipinski definition) is 1. The number of alkyl halides is 6. The second-order valence-corrected chi connectivity index (χ2v) is 10.8. The van der Waals surface area contributed by atoms with Gasteiger partial charge in [-0.3, -0.25) is 0 Å². The van der Waals surface area contributed by atoms with Gasteiger partial charge in [0, 0.05) is 12.2 Å². The topological polar surface area (TPSA) is 135 Å². The van der Waals surface area contributed by atoms with E-state index in [0.29, 0.717) is 44.2 Å². The van der Waals surface area contributed by atoms with E-state index >= 15 is 0 Å². The van der Waals surface area contributed by atoms with Crippen molar-refractivity contribution in [1.82, 2.24) is 0 Å². The predicted octanol–water partition coefficient (Wildman–Crippen LogP) is 8.02. The number of phenols is 1. The summed E-state index contributed by atoms with van der Waals surface area (Å²) in [5.41, 5.74) is -5.43. The largest absolute Gasteiger partial charge is 0.508 e. The highest BCUT2D eigenvalue weighted by Gasteiger charge is 2.49. The zero-order valence-electron chi connectivity index (χ0n) is 27.3. The molecular weight excluding hydrogens is 706 g/mol. The minimum absolute atomic E-state index is 0.137. The first-order valence-electron chi connectivity index (χ1n) is 15.4. The molecule has 1 N–H and O–H groups in total. The number of ether oxygens (including phenoxy) is 5. The summed E-state index contributed by atoms with van der Waals surface area (Å²) < 4.78 is 110. The zero-order valence-corrected chi connectivity index (χ0v) is 27.3. The first-order valence-corrected chi connectivity index (χ1v) is 15.4. The Labute approximate surface area is 293 Å². The summed E-state index contributed by atoms with van der Waals surface area (Å²) >= 11 is 0. The van der Waals surface area contributed by atoms with E-state index in [1.54, 1.807) is 0 Å². The number of phenolic OH excluding ortho intramolecular Hbond substituents is 1. The maximum absolute atomic E-state index is 14.1. The number of carbonyl (C=O) groups excluding carboxylic acids is 4. The molecule has 0 fully saturated rings. The van der Waals surface area contributed by atoms with Crippen LogP contribution in [0.2, 0.25) is 0 Å². The van der Waals surface area contributed by atoms with E-state index in [0.717, 1.165) is 48.6 Å². The molecule has 3 aromatic rings. The van der Waals surface area contributed by atoms with Crippen molar-refractivity contribution < 1.29 is 74.3 Å². The second-order valence-electron chi connectivity index (χ2n) is 10.8. The van der Waals surface area contributed by atoms with Gasteiger partial charge in [0.2, 0.25) is 0 Å². The van der Waals surface area contributed by atoms with Crippen LogP contribution in [-0.4, -0.2) is 48.3 Å². The van der Waals surface area contributed by atoms with Crippen molar-refractivity contribution >= 4 is 23.9 Å². The summed E-state index contributed by atoms with van der Waals surface area (Å²) in [5, 5.41) is 9.34. The molecular formula is C36H32F6O10. The van der Waals surface area contributed by atoms with E-state index < -0.39 is 65.0 Å². The molecule has 0 aliphatic rings. The van der Waals surface area contributed by atoms with Gasteiger partial charge in [-0.1, -0.05) is 26.0 Å². The summed E-state index contributed by atoms with van der Waals surface area (Å²) in [7, 11) is 0. The first-order chi connectivity index (χ1) is 24.5. The maximum atomic E-state index is 14.1. The molecule has 10 nitrogen and oxygen atoms in total. The highest BCUT2D eigenvalue weighted by atomic mass is 19.4. The van der Waals surface area contributed by atoms with Crippen LogP contribution in [0.5, 0.6) is 23.0 Å². The summed E-state index contributed by atoms with van der Waals surface area (Å²) in [5.74, 6) is -7.11. The predicted molar refractivity (Wildman–Crippen MR) is 171 cm³/mol. The van der Waals surface area contributed by atoms with Gasteiger partial charge in [-0.15, -0.1) is 0 Å². The monoisotopic (exact) mass is 738 g/mol. The van der Waals surface area contributed by atoms with E-state index in [2.05, 4.69) is 17.9 Å². The third kappa shape index (κ3) is 12.2. The lowest BCUT2D eigenvalue weighted by molar-refractivity contribution is -0.163. The lowest BCUT2D eigenvalue weighted by Gasteiger charge is -2.21. The molecule has 1 atom stereocenters. The van der Waals surface area contributed by atoms with Crippen LogP contribution < -0.4 is 14.2 Å². The van der Waals surface area contributed by atoms with Crippen LogP contribution in [0.3, 0.4) is 0 Å². The molecule has 0 radical (unpaired) electrons. The summed E-state index contributed by atoms with van der Waals surface area (Å²) in [6.07, 6.45) is -7.04. The molecule has 278 valence electrons. The fourth-order valence-corrected chi connectivity index (χ4v) is 4.54. The van der Waals surface area contributed by atoms with Crippen LogP contribution >= 0.6 is 0 Å². The van der Waals surface area contributed by atoms with Crippen molar-refractivity contribution in [3.05, 3.63) is 108 Å². The van der Waals surface area contributed by atoms with Crippen molar-refractivity contribution in [2.45, 2.75) is 50.6 Å². The number of unbranched alkanes of at least 4 members (excludes halogenated alkanes) is 3. The Bertz CT molecular complexity index is 1730. The average molecular weight is 739 g/mol. The van der Waals surface area contributed by atoms with E-state index in [1.165, 1.54) is 12.1 Å². The molecule has 0 aliphatic carbocycles. The Hall–Kier alpha value is -5.80. The molecule has 0 aromatic heterocycles. The second kappa shape index (κ2) is 18.4. The van der Waals surface area contributed by atoms with E-state index in [1.807, 2.05) is 0 Å². The highest BCUT2D eigenvalue weighted by Crippen LogP contribution is 2.49. The van der Waals surface area contributed by atoms with Crippen molar-refractivity contribution in [1.29, 1.82) is 0 Å². The fraction of sp³-hybridized carbons (Fsp3) is 0.278. The van der Waals surface area contributed by atoms with Gasteiger partial charge in [-0.2, -0.15) is 26.3 Å². The molecule has 3 aromatic carbocycles.